The molecule has 0 aromatic heterocycles. The van der Waals surface area contributed by atoms with E-state index in [9.17, 15) is 4.39 Å². The van der Waals surface area contributed by atoms with Crippen molar-refractivity contribution >= 4 is 22.1 Å². The molecule has 0 aliphatic heterocycles. The minimum Gasteiger partial charge on any atom is -0.256 e. The summed E-state index contributed by atoms with van der Waals surface area (Å²) in [5, 5.41) is 0. The first-order valence-electron chi connectivity index (χ1n) is 4.58. The maximum atomic E-state index is 12.5. The number of allylic oxidation sites excluding steroid dienone is 5. The van der Waals surface area contributed by atoms with Gasteiger partial charge < -0.3 is 0 Å². The Morgan fingerprint density at radius 3 is 2.40 bits per heavy atom. The average Bonchev–Trinajstić information content (AvgIpc) is 2.15. The SMILES string of the molecule is C=C(Br)C=NC(=C)/C(=C/C=C(\C)F)CC. The lowest BCUT2D eigenvalue weighted by Gasteiger charge is -2.01. The van der Waals surface area contributed by atoms with Gasteiger partial charge >= 0.3 is 0 Å². The minimum absolute atomic E-state index is 0.234. The highest BCUT2D eigenvalue weighted by Crippen LogP contribution is 2.14. The highest BCUT2D eigenvalue weighted by atomic mass is 79.9. The van der Waals surface area contributed by atoms with Crippen LogP contribution in [0.15, 0.2) is 51.9 Å². The van der Waals surface area contributed by atoms with E-state index in [2.05, 4.69) is 34.1 Å². The summed E-state index contributed by atoms with van der Waals surface area (Å²) in [7, 11) is 0. The smallest absolute Gasteiger partial charge is 0.0968 e. The molecule has 0 rings (SSSR count). The van der Waals surface area contributed by atoms with Crippen molar-refractivity contribution in [3.8, 4) is 0 Å². The molecule has 82 valence electrons. The predicted molar refractivity (Wildman–Crippen MR) is 68.9 cm³/mol. The fourth-order valence-electron chi connectivity index (χ4n) is 0.864. The lowest BCUT2D eigenvalue weighted by atomic mass is 10.1. The Morgan fingerprint density at radius 1 is 1.40 bits per heavy atom. The van der Waals surface area contributed by atoms with Crippen LogP contribution in [0.3, 0.4) is 0 Å². The molecule has 0 N–H and O–H groups in total. The van der Waals surface area contributed by atoms with E-state index >= 15 is 0 Å². The van der Waals surface area contributed by atoms with Gasteiger partial charge in [0.2, 0.25) is 0 Å². The van der Waals surface area contributed by atoms with Crippen molar-refractivity contribution < 1.29 is 4.39 Å². The largest absolute Gasteiger partial charge is 0.256 e. The van der Waals surface area contributed by atoms with Crippen LogP contribution in [0.1, 0.15) is 20.3 Å². The molecule has 0 amide bonds. The van der Waals surface area contributed by atoms with Gasteiger partial charge in [-0.25, -0.2) is 4.39 Å². The van der Waals surface area contributed by atoms with Gasteiger partial charge in [-0.1, -0.05) is 26.2 Å². The summed E-state index contributed by atoms with van der Waals surface area (Å²) < 4.78 is 13.2. The van der Waals surface area contributed by atoms with Crippen molar-refractivity contribution in [1.29, 1.82) is 0 Å². The van der Waals surface area contributed by atoms with E-state index in [0.717, 1.165) is 12.0 Å². The lowest BCUT2D eigenvalue weighted by molar-refractivity contribution is 0.640. The monoisotopic (exact) mass is 271 g/mol. The third-order valence-electron chi connectivity index (χ3n) is 1.63. The number of rotatable bonds is 5. The van der Waals surface area contributed by atoms with Gasteiger partial charge in [-0.05, 0) is 40.9 Å². The van der Waals surface area contributed by atoms with Crippen molar-refractivity contribution in [2.75, 3.05) is 0 Å². The minimum atomic E-state index is -0.234. The maximum absolute atomic E-state index is 12.5. The molecule has 0 spiro atoms. The fraction of sp³-hybridized carbons (Fsp3) is 0.250. The Balaban J connectivity index is 4.69. The molecule has 15 heavy (non-hydrogen) atoms. The van der Waals surface area contributed by atoms with Crippen LogP contribution in [0.4, 0.5) is 4.39 Å². The Bertz CT molecular complexity index is 334. The number of nitrogens with zero attached hydrogens (tertiary/aromatic N) is 1. The molecule has 0 bridgehead atoms. The van der Waals surface area contributed by atoms with Gasteiger partial charge in [0.1, 0.15) is 0 Å². The van der Waals surface area contributed by atoms with E-state index in [1.54, 1.807) is 12.3 Å². The molecule has 0 fully saturated rings. The van der Waals surface area contributed by atoms with E-state index in [-0.39, 0.29) is 5.83 Å². The first-order valence-corrected chi connectivity index (χ1v) is 5.37. The second kappa shape index (κ2) is 7.35. The zero-order chi connectivity index (χ0) is 11.8. The van der Waals surface area contributed by atoms with Gasteiger partial charge in [-0.15, -0.1) is 0 Å². The second-order valence-electron chi connectivity index (χ2n) is 2.95. The molecule has 3 heteroatoms. The third kappa shape index (κ3) is 7.03. The molecule has 0 radical (unpaired) electrons. The zero-order valence-corrected chi connectivity index (χ0v) is 10.6. The molecule has 0 aromatic carbocycles. The zero-order valence-electron chi connectivity index (χ0n) is 9.06. The summed E-state index contributed by atoms with van der Waals surface area (Å²) in [5.74, 6) is -0.234. The first kappa shape index (κ1) is 14.0. The number of halogens is 2. The topological polar surface area (TPSA) is 12.4 Å². The van der Waals surface area contributed by atoms with Gasteiger partial charge in [-0.3, -0.25) is 4.99 Å². The summed E-state index contributed by atoms with van der Waals surface area (Å²) in [5.41, 5.74) is 1.52. The summed E-state index contributed by atoms with van der Waals surface area (Å²) in [6.07, 6.45) is 5.42. The summed E-state index contributed by atoms with van der Waals surface area (Å²) >= 11 is 3.16. The van der Waals surface area contributed by atoms with Crippen LogP contribution in [0.2, 0.25) is 0 Å². The van der Waals surface area contributed by atoms with Crippen molar-refractivity contribution in [2.24, 2.45) is 4.99 Å². The summed E-state index contributed by atoms with van der Waals surface area (Å²) in [4.78, 5) is 4.09. The summed E-state index contributed by atoms with van der Waals surface area (Å²) in [6, 6.07) is 0. The van der Waals surface area contributed by atoms with Gasteiger partial charge in [0, 0.05) is 10.7 Å². The van der Waals surface area contributed by atoms with Gasteiger partial charge in [0.25, 0.3) is 0 Å². The molecule has 1 nitrogen and oxygen atoms in total. The quantitative estimate of drug-likeness (QED) is 0.508. The molecular formula is C12H15BrFN. The predicted octanol–water partition coefficient (Wildman–Crippen LogP) is 4.69. The highest BCUT2D eigenvalue weighted by Gasteiger charge is 1.96. The number of hydrogen-bond acceptors (Lipinski definition) is 1. The highest BCUT2D eigenvalue weighted by molar-refractivity contribution is 9.12. The third-order valence-corrected chi connectivity index (χ3v) is 1.83. The Labute approximate surface area is 98.9 Å². The van der Waals surface area contributed by atoms with Crippen LogP contribution in [-0.4, -0.2) is 6.21 Å². The van der Waals surface area contributed by atoms with Gasteiger partial charge in [-0.2, -0.15) is 0 Å². The standard InChI is InChI=1S/C12H15BrFN/c1-5-12(7-6-10(3)14)11(4)15-8-9(2)13/h6-8H,2,4-5H2,1,3H3/b10-6+,12-7+,15-8?. The average molecular weight is 272 g/mol. The van der Waals surface area contributed by atoms with Crippen LogP contribution >= 0.6 is 15.9 Å². The van der Waals surface area contributed by atoms with Crippen molar-refractivity contribution in [3.63, 3.8) is 0 Å². The Hall–Kier alpha value is -0.960. The van der Waals surface area contributed by atoms with E-state index in [1.165, 1.54) is 13.0 Å². The van der Waals surface area contributed by atoms with Crippen LogP contribution in [0.25, 0.3) is 0 Å². The molecule has 0 aliphatic carbocycles. The van der Waals surface area contributed by atoms with Crippen LogP contribution in [0.5, 0.6) is 0 Å². The van der Waals surface area contributed by atoms with Gasteiger partial charge in [0.05, 0.1) is 11.5 Å². The van der Waals surface area contributed by atoms with E-state index in [1.807, 2.05) is 6.92 Å². The number of aliphatic imine (C=N–C) groups is 1. The molecule has 0 saturated heterocycles. The first-order chi connectivity index (χ1) is 6.97. The Kier molecular flexibility index (Phi) is 6.88. The normalized spacial score (nSPS) is 13.3. The molecule has 0 unspecified atom stereocenters. The van der Waals surface area contributed by atoms with Crippen molar-refractivity contribution in [1.82, 2.24) is 0 Å². The molecule has 0 saturated carbocycles. The van der Waals surface area contributed by atoms with Crippen LogP contribution < -0.4 is 0 Å². The van der Waals surface area contributed by atoms with Crippen molar-refractivity contribution in [2.45, 2.75) is 20.3 Å². The van der Waals surface area contributed by atoms with E-state index < -0.39 is 0 Å². The molecule has 0 atom stereocenters. The Morgan fingerprint density at radius 2 is 2.00 bits per heavy atom. The molecule has 0 heterocycles. The fourth-order valence-corrected chi connectivity index (χ4v) is 0.967. The van der Waals surface area contributed by atoms with Crippen LogP contribution in [-0.2, 0) is 0 Å². The van der Waals surface area contributed by atoms with Crippen LogP contribution in [0, 0.1) is 0 Å². The molecule has 0 aliphatic rings. The molecular weight excluding hydrogens is 257 g/mol. The second-order valence-corrected chi connectivity index (χ2v) is 3.97. The molecule has 0 aromatic rings. The van der Waals surface area contributed by atoms with E-state index in [4.69, 9.17) is 0 Å². The van der Waals surface area contributed by atoms with Crippen molar-refractivity contribution in [3.05, 3.63) is 46.9 Å². The lowest BCUT2D eigenvalue weighted by Crippen LogP contribution is -1.84. The maximum Gasteiger partial charge on any atom is 0.0968 e. The van der Waals surface area contributed by atoms with E-state index in [0.29, 0.717) is 10.2 Å². The summed E-state index contributed by atoms with van der Waals surface area (Å²) in [6.45, 7) is 10.8. The number of hydrogen-bond donors (Lipinski definition) is 0. The van der Waals surface area contributed by atoms with Gasteiger partial charge in [0.15, 0.2) is 0 Å².